The van der Waals surface area contributed by atoms with Gasteiger partial charge in [-0.15, -0.1) is 6.58 Å². The molecule has 1 rings (SSSR count). The second kappa shape index (κ2) is 3.76. The van der Waals surface area contributed by atoms with Gasteiger partial charge in [-0.3, -0.25) is 0 Å². The molecule has 12 heavy (non-hydrogen) atoms. The number of nitrogen functional groups attached to an aromatic ring is 1. The van der Waals surface area contributed by atoms with Crippen molar-refractivity contribution in [3.63, 3.8) is 0 Å². The molecule has 0 aliphatic carbocycles. The molecule has 0 bridgehead atoms. The number of nitrogens with one attached hydrogen (secondary N) is 1. The SMILES string of the molecule is C=CC(C)Nc1ccc(N)cn1. The summed E-state index contributed by atoms with van der Waals surface area (Å²) in [5, 5.41) is 3.13. The fourth-order valence-corrected chi connectivity index (χ4v) is 0.783. The third kappa shape index (κ3) is 2.27. The highest BCUT2D eigenvalue weighted by molar-refractivity contribution is 5.44. The van der Waals surface area contributed by atoms with Crippen LogP contribution in [0.4, 0.5) is 11.5 Å². The van der Waals surface area contributed by atoms with Crippen molar-refractivity contribution in [1.29, 1.82) is 0 Å². The summed E-state index contributed by atoms with van der Waals surface area (Å²) in [5.74, 6) is 0.816. The predicted octanol–water partition coefficient (Wildman–Crippen LogP) is 1.65. The van der Waals surface area contributed by atoms with Crippen LogP contribution < -0.4 is 11.1 Å². The van der Waals surface area contributed by atoms with Gasteiger partial charge < -0.3 is 11.1 Å². The summed E-state index contributed by atoms with van der Waals surface area (Å²) in [6.45, 7) is 5.66. The van der Waals surface area contributed by atoms with E-state index in [9.17, 15) is 0 Å². The van der Waals surface area contributed by atoms with E-state index in [1.807, 2.05) is 25.1 Å². The summed E-state index contributed by atoms with van der Waals surface area (Å²) in [5.41, 5.74) is 6.15. The molecule has 0 radical (unpaired) electrons. The molecule has 64 valence electrons. The molecule has 0 aromatic carbocycles. The lowest BCUT2D eigenvalue weighted by Gasteiger charge is -2.08. The lowest BCUT2D eigenvalue weighted by atomic mass is 10.3. The van der Waals surface area contributed by atoms with Crippen LogP contribution in [0.5, 0.6) is 0 Å². The molecule has 1 heterocycles. The summed E-state index contributed by atoms with van der Waals surface area (Å²) in [7, 11) is 0. The summed E-state index contributed by atoms with van der Waals surface area (Å²) < 4.78 is 0. The maximum Gasteiger partial charge on any atom is 0.126 e. The summed E-state index contributed by atoms with van der Waals surface area (Å²) >= 11 is 0. The molecule has 0 saturated heterocycles. The summed E-state index contributed by atoms with van der Waals surface area (Å²) in [6, 6.07) is 3.88. The summed E-state index contributed by atoms with van der Waals surface area (Å²) in [4.78, 5) is 4.08. The van der Waals surface area contributed by atoms with Crippen LogP contribution in [-0.2, 0) is 0 Å². The molecule has 1 atom stereocenters. The van der Waals surface area contributed by atoms with E-state index < -0.39 is 0 Å². The number of pyridine rings is 1. The standard InChI is InChI=1S/C9H13N3/c1-3-7(2)12-9-5-4-8(10)6-11-9/h3-7H,1,10H2,2H3,(H,11,12). The quantitative estimate of drug-likeness (QED) is 0.666. The van der Waals surface area contributed by atoms with Crippen molar-refractivity contribution in [3.05, 3.63) is 31.0 Å². The van der Waals surface area contributed by atoms with Crippen LogP contribution in [0.1, 0.15) is 6.92 Å². The Balaban J connectivity index is 2.64. The van der Waals surface area contributed by atoms with E-state index in [1.54, 1.807) is 6.20 Å². The zero-order valence-electron chi connectivity index (χ0n) is 7.12. The van der Waals surface area contributed by atoms with Crippen LogP contribution in [0.25, 0.3) is 0 Å². The first-order valence-electron chi connectivity index (χ1n) is 3.83. The predicted molar refractivity (Wildman–Crippen MR) is 51.9 cm³/mol. The molecule has 0 fully saturated rings. The Morgan fingerprint density at radius 2 is 2.42 bits per heavy atom. The normalized spacial score (nSPS) is 12.1. The van der Waals surface area contributed by atoms with Crippen LogP contribution in [0.15, 0.2) is 31.0 Å². The molecule has 0 saturated carbocycles. The fraction of sp³-hybridized carbons (Fsp3) is 0.222. The molecule has 3 nitrogen and oxygen atoms in total. The number of anilines is 2. The van der Waals surface area contributed by atoms with Gasteiger partial charge in [-0.25, -0.2) is 4.98 Å². The van der Waals surface area contributed by atoms with Gasteiger partial charge >= 0.3 is 0 Å². The molecule has 1 aromatic heterocycles. The van der Waals surface area contributed by atoms with Gasteiger partial charge in [0.1, 0.15) is 5.82 Å². The third-order valence-corrected chi connectivity index (χ3v) is 1.52. The first kappa shape index (κ1) is 8.59. The van der Waals surface area contributed by atoms with Crippen molar-refractivity contribution < 1.29 is 0 Å². The zero-order valence-corrected chi connectivity index (χ0v) is 7.12. The Bertz CT molecular complexity index is 253. The Morgan fingerprint density at radius 3 is 2.92 bits per heavy atom. The van der Waals surface area contributed by atoms with Crippen LogP contribution in [0, 0.1) is 0 Å². The van der Waals surface area contributed by atoms with E-state index in [4.69, 9.17) is 5.73 Å². The minimum atomic E-state index is 0.223. The molecular weight excluding hydrogens is 150 g/mol. The van der Waals surface area contributed by atoms with E-state index in [0.29, 0.717) is 5.69 Å². The molecular formula is C9H13N3. The van der Waals surface area contributed by atoms with Gasteiger partial charge in [0.2, 0.25) is 0 Å². The van der Waals surface area contributed by atoms with Crippen LogP contribution in [0.2, 0.25) is 0 Å². The second-order valence-corrected chi connectivity index (χ2v) is 2.65. The number of aromatic nitrogens is 1. The lowest BCUT2D eigenvalue weighted by molar-refractivity contribution is 0.984. The van der Waals surface area contributed by atoms with Gasteiger partial charge in [-0.1, -0.05) is 6.08 Å². The maximum absolute atomic E-state index is 5.48. The van der Waals surface area contributed by atoms with Gasteiger partial charge in [0.15, 0.2) is 0 Å². The number of nitrogens with zero attached hydrogens (tertiary/aromatic N) is 1. The fourth-order valence-electron chi connectivity index (χ4n) is 0.783. The molecule has 0 aliphatic rings. The van der Waals surface area contributed by atoms with Crippen molar-refractivity contribution in [1.82, 2.24) is 4.98 Å². The monoisotopic (exact) mass is 163 g/mol. The Morgan fingerprint density at radius 1 is 1.67 bits per heavy atom. The molecule has 0 spiro atoms. The third-order valence-electron chi connectivity index (χ3n) is 1.52. The topological polar surface area (TPSA) is 50.9 Å². The average Bonchev–Trinajstić information content (AvgIpc) is 2.09. The first-order chi connectivity index (χ1) is 5.72. The Labute approximate surface area is 72.3 Å². The van der Waals surface area contributed by atoms with Gasteiger partial charge in [0, 0.05) is 6.04 Å². The summed E-state index contributed by atoms with van der Waals surface area (Å²) in [6.07, 6.45) is 3.44. The van der Waals surface area contributed by atoms with Crippen LogP contribution in [-0.4, -0.2) is 11.0 Å². The Kier molecular flexibility index (Phi) is 2.69. The number of nitrogens with two attached hydrogens (primary N) is 1. The van der Waals surface area contributed by atoms with E-state index in [1.165, 1.54) is 0 Å². The van der Waals surface area contributed by atoms with Crippen molar-refractivity contribution in [2.24, 2.45) is 0 Å². The van der Waals surface area contributed by atoms with Gasteiger partial charge in [-0.2, -0.15) is 0 Å². The van der Waals surface area contributed by atoms with Gasteiger partial charge in [0.25, 0.3) is 0 Å². The number of hydrogen-bond acceptors (Lipinski definition) is 3. The minimum absolute atomic E-state index is 0.223. The second-order valence-electron chi connectivity index (χ2n) is 2.65. The molecule has 0 amide bonds. The van der Waals surface area contributed by atoms with E-state index in [2.05, 4.69) is 16.9 Å². The van der Waals surface area contributed by atoms with E-state index in [-0.39, 0.29) is 6.04 Å². The minimum Gasteiger partial charge on any atom is -0.397 e. The number of hydrogen-bond donors (Lipinski definition) is 2. The molecule has 3 N–H and O–H groups in total. The van der Waals surface area contributed by atoms with Crippen LogP contribution >= 0.6 is 0 Å². The smallest absolute Gasteiger partial charge is 0.126 e. The van der Waals surface area contributed by atoms with Gasteiger partial charge in [0.05, 0.1) is 11.9 Å². The molecule has 0 aliphatic heterocycles. The molecule has 1 aromatic rings. The maximum atomic E-state index is 5.48. The highest BCUT2D eigenvalue weighted by Crippen LogP contribution is 2.06. The Hall–Kier alpha value is -1.51. The highest BCUT2D eigenvalue weighted by Gasteiger charge is 1.96. The van der Waals surface area contributed by atoms with Crippen molar-refractivity contribution >= 4 is 11.5 Å². The number of rotatable bonds is 3. The molecule has 3 heteroatoms. The first-order valence-corrected chi connectivity index (χ1v) is 3.83. The van der Waals surface area contributed by atoms with Crippen molar-refractivity contribution in [2.75, 3.05) is 11.1 Å². The van der Waals surface area contributed by atoms with E-state index in [0.717, 1.165) is 5.82 Å². The largest absolute Gasteiger partial charge is 0.397 e. The lowest BCUT2D eigenvalue weighted by Crippen LogP contribution is -2.12. The van der Waals surface area contributed by atoms with Crippen LogP contribution in [0.3, 0.4) is 0 Å². The zero-order chi connectivity index (χ0) is 8.97. The molecule has 1 unspecified atom stereocenters. The van der Waals surface area contributed by atoms with E-state index >= 15 is 0 Å². The van der Waals surface area contributed by atoms with Crippen molar-refractivity contribution in [3.8, 4) is 0 Å². The average molecular weight is 163 g/mol. The van der Waals surface area contributed by atoms with Crippen molar-refractivity contribution in [2.45, 2.75) is 13.0 Å². The van der Waals surface area contributed by atoms with Gasteiger partial charge in [-0.05, 0) is 19.1 Å². The highest BCUT2D eigenvalue weighted by atomic mass is 15.0.